The van der Waals surface area contributed by atoms with E-state index in [1.165, 1.54) is 0 Å². The number of hydrogen-bond acceptors (Lipinski definition) is 4. The zero-order chi connectivity index (χ0) is 16.2. The van der Waals surface area contributed by atoms with E-state index in [2.05, 4.69) is 41.6 Å². The summed E-state index contributed by atoms with van der Waals surface area (Å²) in [4.78, 5) is 4.62. The lowest BCUT2D eigenvalue weighted by molar-refractivity contribution is 0.306. The van der Waals surface area contributed by atoms with Gasteiger partial charge in [0.15, 0.2) is 0 Å². The van der Waals surface area contributed by atoms with E-state index in [1.54, 1.807) is 11.3 Å². The van der Waals surface area contributed by atoms with Gasteiger partial charge in [0.1, 0.15) is 17.4 Å². The van der Waals surface area contributed by atoms with Crippen LogP contribution in [0.25, 0.3) is 11.3 Å². The van der Waals surface area contributed by atoms with Gasteiger partial charge in [-0.3, -0.25) is 0 Å². The third-order valence-electron chi connectivity index (χ3n) is 3.63. The minimum absolute atomic E-state index is 0.0254. The van der Waals surface area contributed by atoms with Gasteiger partial charge in [0.2, 0.25) is 0 Å². The van der Waals surface area contributed by atoms with Crippen LogP contribution in [0.2, 0.25) is 0 Å². The highest BCUT2D eigenvalue weighted by molar-refractivity contribution is 7.10. The van der Waals surface area contributed by atoms with Gasteiger partial charge in [-0.15, -0.1) is 11.3 Å². The molecule has 1 unspecified atom stereocenters. The first kappa shape index (κ1) is 15.7. The van der Waals surface area contributed by atoms with Crippen molar-refractivity contribution in [1.82, 2.24) is 4.98 Å². The van der Waals surface area contributed by atoms with Gasteiger partial charge >= 0.3 is 0 Å². The first-order chi connectivity index (χ1) is 11.1. The molecule has 0 amide bonds. The molecule has 118 valence electrons. The van der Waals surface area contributed by atoms with Crippen molar-refractivity contribution in [2.75, 3.05) is 0 Å². The van der Waals surface area contributed by atoms with Crippen molar-refractivity contribution in [1.29, 1.82) is 0 Å². The van der Waals surface area contributed by atoms with E-state index in [1.807, 2.05) is 31.2 Å². The summed E-state index contributed by atoms with van der Waals surface area (Å²) in [6, 6.07) is 16.3. The third kappa shape index (κ3) is 3.78. The fraction of sp³-hybridized carbons (Fsp3) is 0.211. The van der Waals surface area contributed by atoms with Crippen LogP contribution in [0.4, 0.5) is 0 Å². The topological polar surface area (TPSA) is 48.1 Å². The maximum absolute atomic E-state index is 5.89. The number of nitrogens with two attached hydrogens (primary N) is 1. The van der Waals surface area contributed by atoms with Crippen molar-refractivity contribution in [3.8, 4) is 17.0 Å². The van der Waals surface area contributed by atoms with Gasteiger partial charge in [0, 0.05) is 10.9 Å². The Hall–Kier alpha value is -2.17. The molecule has 0 aliphatic carbocycles. The largest absolute Gasteiger partial charge is 0.489 e. The Morgan fingerprint density at radius 3 is 2.61 bits per heavy atom. The molecule has 0 fully saturated rings. The number of nitrogens with zero attached hydrogens (tertiary/aromatic N) is 1. The van der Waals surface area contributed by atoms with Gasteiger partial charge in [0.25, 0.3) is 0 Å². The number of rotatable bonds is 5. The molecule has 1 aromatic heterocycles. The van der Waals surface area contributed by atoms with Crippen LogP contribution in [0.1, 0.15) is 29.1 Å². The summed E-state index contributed by atoms with van der Waals surface area (Å²) in [6.45, 7) is 4.61. The number of ether oxygens (including phenoxy) is 1. The number of hydrogen-bond donors (Lipinski definition) is 1. The Morgan fingerprint density at radius 2 is 1.96 bits per heavy atom. The predicted molar refractivity (Wildman–Crippen MR) is 95.7 cm³/mol. The van der Waals surface area contributed by atoms with Crippen LogP contribution in [0, 0.1) is 6.92 Å². The summed E-state index contributed by atoms with van der Waals surface area (Å²) in [7, 11) is 0. The van der Waals surface area contributed by atoms with Crippen LogP contribution >= 0.6 is 11.3 Å². The lowest BCUT2D eigenvalue weighted by Gasteiger charge is -2.09. The molecule has 0 radical (unpaired) electrons. The standard InChI is InChI=1S/C19H20N2OS/c1-13-10-16(22-11-15-6-4-3-5-7-15)8-9-17(13)18-12-23-19(21-18)14(2)20/h3-10,12,14H,11,20H2,1-2H3. The summed E-state index contributed by atoms with van der Waals surface area (Å²) >= 11 is 1.61. The van der Waals surface area contributed by atoms with Crippen LogP contribution in [-0.2, 0) is 6.61 Å². The van der Waals surface area contributed by atoms with E-state index in [0.717, 1.165) is 33.1 Å². The Morgan fingerprint density at radius 1 is 1.17 bits per heavy atom. The molecule has 3 aromatic rings. The lowest BCUT2D eigenvalue weighted by atomic mass is 10.1. The summed E-state index contributed by atoms with van der Waals surface area (Å²) in [5.41, 5.74) is 10.3. The van der Waals surface area contributed by atoms with Crippen LogP contribution in [0.5, 0.6) is 5.75 Å². The summed E-state index contributed by atoms with van der Waals surface area (Å²) in [5.74, 6) is 0.873. The van der Waals surface area contributed by atoms with Crippen molar-refractivity contribution in [2.45, 2.75) is 26.5 Å². The highest BCUT2D eigenvalue weighted by atomic mass is 32.1. The Labute approximate surface area is 140 Å². The smallest absolute Gasteiger partial charge is 0.120 e. The van der Waals surface area contributed by atoms with Crippen LogP contribution in [0.3, 0.4) is 0 Å². The van der Waals surface area contributed by atoms with E-state index in [-0.39, 0.29) is 6.04 Å². The highest BCUT2D eigenvalue weighted by Gasteiger charge is 2.10. The maximum atomic E-state index is 5.89. The molecule has 0 spiro atoms. The Kier molecular flexibility index (Phi) is 4.74. The van der Waals surface area contributed by atoms with E-state index < -0.39 is 0 Å². The molecule has 4 heteroatoms. The normalized spacial score (nSPS) is 12.1. The Balaban J connectivity index is 1.75. The monoisotopic (exact) mass is 324 g/mol. The van der Waals surface area contributed by atoms with Gasteiger partial charge in [-0.1, -0.05) is 30.3 Å². The van der Waals surface area contributed by atoms with Crippen molar-refractivity contribution >= 4 is 11.3 Å². The molecule has 1 atom stereocenters. The van der Waals surface area contributed by atoms with E-state index >= 15 is 0 Å². The molecule has 0 saturated carbocycles. The maximum Gasteiger partial charge on any atom is 0.120 e. The zero-order valence-electron chi connectivity index (χ0n) is 13.3. The molecule has 0 saturated heterocycles. The number of thiazole rings is 1. The molecule has 0 aliphatic rings. The van der Waals surface area contributed by atoms with Crippen LogP contribution in [0.15, 0.2) is 53.9 Å². The summed E-state index contributed by atoms with van der Waals surface area (Å²) in [6.07, 6.45) is 0. The molecule has 0 bridgehead atoms. The quantitative estimate of drug-likeness (QED) is 0.739. The predicted octanol–water partition coefficient (Wildman–Crippen LogP) is 4.72. The molecule has 3 nitrogen and oxygen atoms in total. The summed E-state index contributed by atoms with van der Waals surface area (Å²) in [5, 5.41) is 3.02. The van der Waals surface area contributed by atoms with Crippen LogP contribution in [-0.4, -0.2) is 4.98 Å². The number of aromatic nitrogens is 1. The fourth-order valence-electron chi connectivity index (χ4n) is 2.37. The average molecular weight is 324 g/mol. The third-order valence-corrected chi connectivity index (χ3v) is 4.68. The van der Waals surface area contributed by atoms with Gasteiger partial charge in [-0.25, -0.2) is 4.98 Å². The minimum Gasteiger partial charge on any atom is -0.489 e. The van der Waals surface area contributed by atoms with Gasteiger partial charge in [-0.05, 0) is 43.2 Å². The van der Waals surface area contributed by atoms with Crippen molar-refractivity contribution in [3.05, 3.63) is 70.0 Å². The fourth-order valence-corrected chi connectivity index (χ4v) is 3.15. The lowest BCUT2D eigenvalue weighted by Crippen LogP contribution is -2.04. The second-order valence-corrected chi connectivity index (χ2v) is 6.50. The minimum atomic E-state index is -0.0254. The highest BCUT2D eigenvalue weighted by Crippen LogP contribution is 2.29. The van der Waals surface area contributed by atoms with Gasteiger partial charge < -0.3 is 10.5 Å². The number of aryl methyl sites for hydroxylation is 1. The molecular formula is C19H20N2OS. The SMILES string of the molecule is Cc1cc(OCc2ccccc2)ccc1-c1csc(C(C)N)n1. The summed E-state index contributed by atoms with van der Waals surface area (Å²) < 4.78 is 5.87. The van der Waals surface area contributed by atoms with Crippen molar-refractivity contribution in [2.24, 2.45) is 5.73 Å². The zero-order valence-corrected chi connectivity index (χ0v) is 14.1. The second-order valence-electron chi connectivity index (χ2n) is 5.61. The van der Waals surface area contributed by atoms with Gasteiger partial charge in [-0.2, -0.15) is 0 Å². The van der Waals surface area contributed by atoms with Crippen molar-refractivity contribution < 1.29 is 4.74 Å². The van der Waals surface area contributed by atoms with E-state index in [4.69, 9.17) is 10.5 Å². The second kappa shape index (κ2) is 6.94. The molecule has 0 aliphatic heterocycles. The van der Waals surface area contributed by atoms with E-state index in [9.17, 15) is 0 Å². The van der Waals surface area contributed by atoms with Gasteiger partial charge in [0.05, 0.1) is 11.7 Å². The first-order valence-electron chi connectivity index (χ1n) is 7.62. The van der Waals surface area contributed by atoms with Crippen LogP contribution < -0.4 is 10.5 Å². The van der Waals surface area contributed by atoms with E-state index in [0.29, 0.717) is 6.61 Å². The number of benzene rings is 2. The average Bonchev–Trinajstić information content (AvgIpc) is 3.04. The molecular weight excluding hydrogens is 304 g/mol. The first-order valence-corrected chi connectivity index (χ1v) is 8.50. The Bertz CT molecular complexity index is 781. The molecule has 1 heterocycles. The molecule has 2 N–H and O–H groups in total. The molecule has 3 rings (SSSR count). The molecule has 2 aromatic carbocycles. The molecule has 23 heavy (non-hydrogen) atoms. The van der Waals surface area contributed by atoms with Crippen molar-refractivity contribution in [3.63, 3.8) is 0 Å².